The first-order chi connectivity index (χ1) is 7.59. The van der Waals surface area contributed by atoms with Crippen molar-refractivity contribution in [1.82, 2.24) is 10.2 Å². The number of amides is 1. The van der Waals surface area contributed by atoms with E-state index in [0.717, 1.165) is 18.1 Å². The number of rotatable bonds is 5. The second-order valence-electron chi connectivity index (χ2n) is 4.38. The van der Waals surface area contributed by atoms with Crippen molar-refractivity contribution in [1.29, 1.82) is 0 Å². The fourth-order valence-corrected chi connectivity index (χ4v) is 2.57. The average molecular weight is 283 g/mol. The van der Waals surface area contributed by atoms with Gasteiger partial charge in [0.2, 0.25) is 5.91 Å². The summed E-state index contributed by atoms with van der Waals surface area (Å²) >= 11 is 1.90. The molecule has 102 valence electrons. The van der Waals surface area contributed by atoms with Crippen LogP contribution in [0.5, 0.6) is 0 Å². The molecule has 0 saturated carbocycles. The lowest BCUT2D eigenvalue weighted by Gasteiger charge is -2.25. The molecule has 6 heteroatoms. The van der Waals surface area contributed by atoms with Crippen molar-refractivity contribution in [2.45, 2.75) is 31.9 Å². The topological polar surface area (TPSA) is 52.6 Å². The fraction of sp³-hybridized carbons (Fsp3) is 0.909. The van der Waals surface area contributed by atoms with Crippen molar-refractivity contribution < 1.29 is 9.90 Å². The van der Waals surface area contributed by atoms with Gasteiger partial charge in [-0.15, -0.1) is 12.4 Å². The number of halogens is 1. The number of hydrogen-bond donors (Lipinski definition) is 2. The van der Waals surface area contributed by atoms with Crippen molar-refractivity contribution in [3.05, 3.63) is 0 Å². The molecule has 0 spiro atoms. The van der Waals surface area contributed by atoms with Crippen LogP contribution in [-0.4, -0.2) is 59.7 Å². The number of carbonyl (C=O) groups is 1. The summed E-state index contributed by atoms with van der Waals surface area (Å²) in [6.45, 7) is 3.38. The maximum Gasteiger partial charge on any atom is 0.223 e. The van der Waals surface area contributed by atoms with Crippen LogP contribution < -0.4 is 5.32 Å². The molecule has 2 atom stereocenters. The van der Waals surface area contributed by atoms with E-state index in [2.05, 4.69) is 5.32 Å². The molecule has 0 aliphatic carbocycles. The molecule has 0 radical (unpaired) electrons. The highest BCUT2D eigenvalue weighted by Gasteiger charge is 2.18. The highest BCUT2D eigenvalue weighted by atomic mass is 35.5. The van der Waals surface area contributed by atoms with Gasteiger partial charge in [-0.2, -0.15) is 11.8 Å². The third-order valence-electron chi connectivity index (χ3n) is 2.73. The molecule has 0 aromatic carbocycles. The van der Waals surface area contributed by atoms with Gasteiger partial charge in [0, 0.05) is 44.1 Å². The second kappa shape index (κ2) is 9.03. The van der Waals surface area contributed by atoms with E-state index in [1.807, 2.05) is 11.8 Å². The fourth-order valence-electron chi connectivity index (χ4n) is 1.62. The molecule has 1 heterocycles. The Morgan fingerprint density at radius 2 is 2.35 bits per heavy atom. The van der Waals surface area contributed by atoms with Crippen LogP contribution >= 0.6 is 24.2 Å². The van der Waals surface area contributed by atoms with Crippen molar-refractivity contribution in [3.63, 3.8) is 0 Å². The number of aliphatic hydroxyl groups is 1. The minimum Gasteiger partial charge on any atom is -0.393 e. The molecule has 1 aliphatic heterocycles. The molecule has 2 N–H and O–H groups in total. The van der Waals surface area contributed by atoms with E-state index in [4.69, 9.17) is 5.11 Å². The zero-order valence-corrected chi connectivity index (χ0v) is 12.1. The Hall–Kier alpha value is 0.0300. The molecule has 1 fully saturated rings. The summed E-state index contributed by atoms with van der Waals surface area (Å²) in [5, 5.41) is 12.5. The predicted octanol–water partition coefficient (Wildman–Crippen LogP) is 0.733. The summed E-state index contributed by atoms with van der Waals surface area (Å²) in [6, 6.07) is 0.320. The number of thioether (sulfide) groups is 1. The predicted molar refractivity (Wildman–Crippen MR) is 74.9 cm³/mol. The van der Waals surface area contributed by atoms with Crippen LogP contribution in [0.15, 0.2) is 0 Å². The van der Waals surface area contributed by atoms with Crippen molar-refractivity contribution in [3.8, 4) is 0 Å². The lowest BCUT2D eigenvalue weighted by molar-refractivity contribution is -0.130. The number of carbonyl (C=O) groups excluding carboxylic acids is 1. The smallest absolute Gasteiger partial charge is 0.223 e. The van der Waals surface area contributed by atoms with Crippen LogP contribution in [0.25, 0.3) is 0 Å². The van der Waals surface area contributed by atoms with E-state index >= 15 is 0 Å². The molecule has 0 aromatic heterocycles. The highest BCUT2D eigenvalue weighted by Crippen LogP contribution is 2.11. The zero-order chi connectivity index (χ0) is 12.0. The highest BCUT2D eigenvalue weighted by molar-refractivity contribution is 7.99. The third-order valence-corrected chi connectivity index (χ3v) is 3.86. The van der Waals surface area contributed by atoms with Crippen LogP contribution in [0.3, 0.4) is 0 Å². The van der Waals surface area contributed by atoms with E-state index in [1.165, 1.54) is 0 Å². The molecule has 4 nitrogen and oxygen atoms in total. The van der Waals surface area contributed by atoms with E-state index < -0.39 is 0 Å². The lowest BCUT2D eigenvalue weighted by atomic mass is 10.2. The number of nitrogens with one attached hydrogen (secondary N) is 1. The van der Waals surface area contributed by atoms with Gasteiger partial charge in [-0.25, -0.2) is 0 Å². The lowest BCUT2D eigenvalue weighted by Crippen LogP contribution is -2.42. The molecule has 1 amide bonds. The van der Waals surface area contributed by atoms with Crippen LogP contribution in [-0.2, 0) is 4.79 Å². The maximum absolute atomic E-state index is 11.8. The van der Waals surface area contributed by atoms with Crippen LogP contribution in [0, 0.1) is 0 Å². The van der Waals surface area contributed by atoms with Crippen molar-refractivity contribution in [2.75, 3.05) is 31.6 Å². The Morgan fingerprint density at radius 1 is 1.65 bits per heavy atom. The Kier molecular flexibility index (Phi) is 9.04. The quantitative estimate of drug-likeness (QED) is 0.781. The van der Waals surface area contributed by atoms with Gasteiger partial charge in [-0.3, -0.25) is 4.79 Å². The first-order valence-corrected chi connectivity index (χ1v) is 6.98. The molecule has 1 saturated heterocycles. The summed E-state index contributed by atoms with van der Waals surface area (Å²) < 4.78 is 0. The summed E-state index contributed by atoms with van der Waals surface area (Å²) in [4.78, 5) is 13.5. The van der Waals surface area contributed by atoms with Crippen LogP contribution in [0.2, 0.25) is 0 Å². The first-order valence-electron chi connectivity index (χ1n) is 5.82. The van der Waals surface area contributed by atoms with Gasteiger partial charge in [-0.1, -0.05) is 0 Å². The summed E-state index contributed by atoms with van der Waals surface area (Å²) in [5.41, 5.74) is 0. The Balaban J connectivity index is 0.00000256. The Morgan fingerprint density at radius 3 is 2.88 bits per heavy atom. The number of aliphatic hydroxyl groups excluding tert-OH is 1. The number of nitrogens with zero attached hydrogens (tertiary/aromatic N) is 1. The summed E-state index contributed by atoms with van der Waals surface area (Å²) in [6.07, 6.45) is 0.886. The molecular formula is C11H23ClN2O2S. The van der Waals surface area contributed by atoms with Crippen molar-refractivity contribution in [2.24, 2.45) is 0 Å². The van der Waals surface area contributed by atoms with Gasteiger partial charge >= 0.3 is 0 Å². The Labute approximate surface area is 114 Å². The van der Waals surface area contributed by atoms with E-state index in [-0.39, 0.29) is 24.4 Å². The normalized spacial score (nSPS) is 21.5. The maximum atomic E-state index is 11.8. The van der Waals surface area contributed by atoms with Gasteiger partial charge in [0.25, 0.3) is 0 Å². The molecule has 2 unspecified atom stereocenters. The molecule has 0 aromatic rings. The third kappa shape index (κ3) is 7.13. The standard InChI is InChI=1S/C11H22N2O2S.ClH/c1-9(14)3-5-13(2)11(15)7-10-8-16-6-4-12-10;/h9-10,12,14H,3-8H2,1-2H3;1H. The minimum absolute atomic E-state index is 0. The second-order valence-corrected chi connectivity index (χ2v) is 5.53. The van der Waals surface area contributed by atoms with E-state index in [1.54, 1.807) is 18.9 Å². The molecule has 1 rings (SSSR count). The van der Waals surface area contributed by atoms with Gasteiger partial charge in [0.1, 0.15) is 0 Å². The van der Waals surface area contributed by atoms with Gasteiger partial charge < -0.3 is 15.3 Å². The molecule has 17 heavy (non-hydrogen) atoms. The van der Waals surface area contributed by atoms with E-state index in [9.17, 15) is 4.79 Å². The monoisotopic (exact) mass is 282 g/mol. The average Bonchev–Trinajstić information content (AvgIpc) is 2.27. The molecular weight excluding hydrogens is 260 g/mol. The van der Waals surface area contributed by atoms with Gasteiger partial charge in [0.15, 0.2) is 0 Å². The molecule has 0 bridgehead atoms. The van der Waals surface area contributed by atoms with Gasteiger partial charge in [0.05, 0.1) is 6.10 Å². The first kappa shape index (κ1) is 17.0. The summed E-state index contributed by atoms with van der Waals surface area (Å²) in [5.74, 6) is 2.33. The van der Waals surface area contributed by atoms with E-state index in [0.29, 0.717) is 25.4 Å². The SMILES string of the molecule is CC(O)CCN(C)C(=O)CC1CSCCN1.Cl. The largest absolute Gasteiger partial charge is 0.393 e. The van der Waals surface area contributed by atoms with Crippen molar-refractivity contribution >= 4 is 30.1 Å². The summed E-state index contributed by atoms with van der Waals surface area (Å²) in [7, 11) is 1.81. The van der Waals surface area contributed by atoms with Crippen LogP contribution in [0.4, 0.5) is 0 Å². The zero-order valence-electron chi connectivity index (χ0n) is 10.5. The Bertz CT molecular complexity index is 224. The van der Waals surface area contributed by atoms with Gasteiger partial charge in [-0.05, 0) is 13.3 Å². The minimum atomic E-state index is -0.335. The molecule has 1 aliphatic rings. The number of hydrogen-bond acceptors (Lipinski definition) is 4. The van der Waals surface area contributed by atoms with Crippen LogP contribution in [0.1, 0.15) is 19.8 Å².